The summed E-state index contributed by atoms with van der Waals surface area (Å²) in [6.45, 7) is 0. The van der Waals surface area contributed by atoms with Crippen LogP contribution in [0.25, 0.3) is 0 Å². The van der Waals surface area contributed by atoms with Crippen molar-refractivity contribution in [3.63, 3.8) is 0 Å². The van der Waals surface area contributed by atoms with Crippen LogP contribution in [0.3, 0.4) is 0 Å². The van der Waals surface area contributed by atoms with Crippen LogP contribution in [0.2, 0.25) is 0 Å². The van der Waals surface area contributed by atoms with Gasteiger partial charge in [-0.25, -0.2) is 5.11 Å². The summed E-state index contributed by atoms with van der Waals surface area (Å²) in [6.07, 6.45) is 0. The Balaban J connectivity index is 3.85. The summed E-state index contributed by atoms with van der Waals surface area (Å²) in [7, 11) is -4.22. The Labute approximate surface area is 35.2 Å². The lowest BCUT2D eigenvalue weighted by molar-refractivity contribution is 0.239. The number of hydrogen-bond donors (Lipinski definition) is 1. The van der Waals surface area contributed by atoms with Gasteiger partial charge in [0.1, 0.15) is 0 Å². The van der Waals surface area contributed by atoms with Gasteiger partial charge in [0.25, 0.3) is 10.1 Å². The quantitative estimate of drug-likeness (QED) is 0.453. The van der Waals surface area contributed by atoms with Crippen LogP contribution >= 0.6 is 0 Å². The fraction of sp³-hybridized carbons (Fsp3) is 1.00. The van der Waals surface area contributed by atoms with Crippen LogP contribution in [0.5, 0.6) is 0 Å². The van der Waals surface area contributed by atoms with E-state index >= 15 is 0 Å². The van der Waals surface area contributed by atoms with Gasteiger partial charge in [-0.3, -0.25) is 4.55 Å². The van der Waals surface area contributed by atoms with E-state index in [1.54, 1.807) is 0 Å². The normalized spacial score (nSPS) is 11.7. The Morgan fingerprint density at radius 1 is 1.50 bits per heavy atom. The third-order valence-corrected chi connectivity index (χ3v) is 0.447. The highest BCUT2D eigenvalue weighted by molar-refractivity contribution is 7.85. The van der Waals surface area contributed by atoms with Crippen LogP contribution in [0, 0.1) is 0 Å². The van der Waals surface area contributed by atoms with Gasteiger partial charge in [-0.2, -0.15) is 8.42 Å². The molecule has 37 valence electrons. The van der Waals surface area contributed by atoms with Gasteiger partial charge in [-0.05, 0) is 0 Å². The van der Waals surface area contributed by atoms with Crippen LogP contribution in [0.1, 0.15) is 0 Å². The zero-order valence-electron chi connectivity index (χ0n) is 2.79. The molecule has 0 amide bonds. The van der Waals surface area contributed by atoms with E-state index in [1.807, 2.05) is 0 Å². The number of hydrogen-bond acceptors (Lipinski definition) is 2. The Bertz CT molecular complexity index is 110. The van der Waals surface area contributed by atoms with E-state index in [1.165, 1.54) is 0 Å². The molecule has 0 fully saturated rings. The molecule has 0 saturated heterocycles. The van der Waals surface area contributed by atoms with E-state index < -0.39 is 16.1 Å². The maximum Gasteiger partial charge on any atom is 0.292 e. The SMILES string of the molecule is [O]CS(=O)(=O)O. The van der Waals surface area contributed by atoms with Gasteiger partial charge < -0.3 is 0 Å². The lowest BCUT2D eigenvalue weighted by atomic mass is 11.7. The van der Waals surface area contributed by atoms with Crippen molar-refractivity contribution in [2.45, 2.75) is 0 Å². The smallest absolute Gasteiger partial charge is 0.284 e. The molecule has 1 N–H and O–H groups in total. The molecule has 6 heavy (non-hydrogen) atoms. The van der Waals surface area contributed by atoms with Crippen LogP contribution in [-0.2, 0) is 15.2 Å². The summed E-state index contributed by atoms with van der Waals surface area (Å²) in [4.78, 5) is 0. The molecule has 4 nitrogen and oxygen atoms in total. The number of rotatable bonds is 1. The highest BCUT2D eigenvalue weighted by atomic mass is 32.2. The van der Waals surface area contributed by atoms with E-state index in [-0.39, 0.29) is 0 Å². The minimum Gasteiger partial charge on any atom is -0.284 e. The molecule has 0 rings (SSSR count). The largest absolute Gasteiger partial charge is 0.292 e. The summed E-state index contributed by atoms with van der Waals surface area (Å²) < 4.78 is 26.0. The highest BCUT2D eigenvalue weighted by Crippen LogP contribution is 1.72. The molecule has 1 radical (unpaired) electrons. The molecule has 0 aromatic rings. The average molecular weight is 111 g/mol. The van der Waals surface area contributed by atoms with Crippen LogP contribution < -0.4 is 0 Å². The summed E-state index contributed by atoms with van der Waals surface area (Å²) in [5.41, 5.74) is 0. The molecule has 0 saturated carbocycles. The lowest BCUT2D eigenvalue weighted by Crippen LogP contribution is -1.99. The second-order valence-corrected chi connectivity index (χ2v) is 2.10. The zero-order chi connectivity index (χ0) is 5.21. The molecule has 0 heterocycles. The molecule has 0 aliphatic rings. The molecule has 0 bridgehead atoms. The Hall–Kier alpha value is -0.130. The molecular weight excluding hydrogens is 108 g/mol. The molecule has 0 aromatic heterocycles. The zero-order valence-corrected chi connectivity index (χ0v) is 3.60. The van der Waals surface area contributed by atoms with Gasteiger partial charge >= 0.3 is 0 Å². The highest BCUT2D eigenvalue weighted by Gasteiger charge is 1.97. The van der Waals surface area contributed by atoms with E-state index in [4.69, 9.17) is 9.66 Å². The van der Waals surface area contributed by atoms with Crippen molar-refractivity contribution in [2.75, 3.05) is 5.94 Å². The first-order valence-corrected chi connectivity index (χ1v) is 2.70. The van der Waals surface area contributed by atoms with Gasteiger partial charge in [0, 0.05) is 0 Å². The van der Waals surface area contributed by atoms with Crippen molar-refractivity contribution in [2.24, 2.45) is 0 Å². The predicted octanol–water partition coefficient (Wildman–Crippen LogP) is -0.738. The third kappa shape index (κ3) is 3.87. The van der Waals surface area contributed by atoms with Gasteiger partial charge in [0.15, 0.2) is 0 Å². The van der Waals surface area contributed by atoms with E-state index in [0.717, 1.165) is 0 Å². The van der Waals surface area contributed by atoms with Gasteiger partial charge in [-0.1, -0.05) is 0 Å². The molecule has 0 aliphatic heterocycles. The van der Waals surface area contributed by atoms with Crippen molar-refractivity contribution in [3.8, 4) is 0 Å². The second-order valence-electron chi connectivity index (χ2n) is 0.700. The standard InChI is InChI=1S/CH3O4S/c2-1-6(3,4)5/h1H2,(H,3,4,5). The van der Waals surface area contributed by atoms with Crippen molar-refractivity contribution in [3.05, 3.63) is 0 Å². The molecule has 0 atom stereocenters. The van der Waals surface area contributed by atoms with Crippen molar-refractivity contribution < 1.29 is 18.1 Å². The monoisotopic (exact) mass is 111 g/mol. The van der Waals surface area contributed by atoms with Gasteiger partial charge in [-0.15, -0.1) is 0 Å². The fourth-order valence-corrected chi connectivity index (χ4v) is 0. The average Bonchev–Trinajstić information content (AvgIpc) is 1.35. The summed E-state index contributed by atoms with van der Waals surface area (Å²) in [5, 5.41) is 9.11. The molecule has 0 unspecified atom stereocenters. The predicted molar refractivity (Wildman–Crippen MR) is 17.1 cm³/mol. The molecular formula is CH3O4S. The Morgan fingerprint density at radius 3 is 1.67 bits per heavy atom. The van der Waals surface area contributed by atoms with Gasteiger partial charge in [0.2, 0.25) is 5.94 Å². The van der Waals surface area contributed by atoms with E-state index in [0.29, 0.717) is 0 Å². The minimum absolute atomic E-state index is 1.45. The van der Waals surface area contributed by atoms with E-state index in [2.05, 4.69) is 0 Å². The fourth-order valence-electron chi connectivity index (χ4n) is 0. The summed E-state index contributed by atoms with van der Waals surface area (Å²) >= 11 is 0. The summed E-state index contributed by atoms with van der Waals surface area (Å²) in [6, 6.07) is 0. The molecule has 5 heteroatoms. The maximum absolute atomic E-state index is 9.24. The van der Waals surface area contributed by atoms with Crippen molar-refractivity contribution in [1.29, 1.82) is 0 Å². The first-order chi connectivity index (χ1) is 2.56. The first-order valence-electron chi connectivity index (χ1n) is 1.09. The second kappa shape index (κ2) is 1.55. The molecule has 0 aromatic carbocycles. The third-order valence-electron chi connectivity index (χ3n) is 0.149. The van der Waals surface area contributed by atoms with Gasteiger partial charge in [0.05, 0.1) is 0 Å². The van der Waals surface area contributed by atoms with Crippen molar-refractivity contribution >= 4 is 10.1 Å². The van der Waals surface area contributed by atoms with Crippen molar-refractivity contribution in [1.82, 2.24) is 0 Å². The lowest BCUT2D eigenvalue weighted by Gasteiger charge is -1.77. The topological polar surface area (TPSA) is 74.3 Å². The van der Waals surface area contributed by atoms with Crippen LogP contribution in [0.15, 0.2) is 0 Å². The molecule has 0 aliphatic carbocycles. The van der Waals surface area contributed by atoms with Crippen LogP contribution in [-0.4, -0.2) is 18.9 Å². The van der Waals surface area contributed by atoms with E-state index in [9.17, 15) is 8.42 Å². The minimum atomic E-state index is -4.22. The Kier molecular flexibility index (Phi) is 1.51. The van der Waals surface area contributed by atoms with Crippen LogP contribution in [0.4, 0.5) is 0 Å². The first kappa shape index (κ1) is 5.87. The Morgan fingerprint density at radius 2 is 1.67 bits per heavy atom. The maximum atomic E-state index is 9.24. The summed E-state index contributed by atoms with van der Waals surface area (Å²) in [5.74, 6) is -1.45. The molecule has 0 spiro atoms.